The van der Waals surface area contributed by atoms with Crippen molar-refractivity contribution in [1.29, 1.82) is 0 Å². The van der Waals surface area contributed by atoms with Crippen molar-refractivity contribution in [2.45, 2.75) is 38.6 Å². The van der Waals surface area contributed by atoms with Crippen LogP contribution in [-0.2, 0) is 6.42 Å². The number of nitrogens with zero attached hydrogens (tertiary/aromatic N) is 3. The van der Waals surface area contributed by atoms with Crippen LogP contribution < -0.4 is 5.32 Å². The van der Waals surface area contributed by atoms with Gasteiger partial charge in [0.15, 0.2) is 0 Å². The highest BCUT2D eigenvalue weighted by Gasteiger charge is 2.22. The quantitative estimate of drug-likeness (QED) is 0.865. The second-order valence-electron chi connectivity index (χ2n) is 4.63. The molecule has 0 saturated carbocycles. The number of nitrogens with one attached hydrogen (secondary N) is 1. The van der Waals surface area contributed by atoms with Crippen LogP contribution in [-0.4, -0.2) is 21.3 Å². The second-order valence-corrected chi connectivity index (χ2v) is 5.50. The van der Waals surface area contributed by atoms with Crippen LogP contribution in [0.5, 0.6) is 0 Å². The Hall–Kier alpha value is -1.20. The van der Waals surface area contributed by atoms with Crippen molar-refractivity contribution in [3.63, 3.8) is 0 Å². The van der Waals surface area contributed by atoms with Crippen LogP contribution in [0.3, 0.4) is 0 Å². The minimum Gasteiger partial charge on any atom is -0.310 e. The first-order valence-electron chi connectivity index (χ1n) is 6.60. The summed E-state index contributed by atoms with van der Waals surface area (Å²) in [7, 11) is 0. The highest BCUT2D eigenvalue weighted by Crippen LogP contribution is 2.30. The molecule has 2 heterocycles. The van der Waals surface area contributed by atoms with E-state index < -0.39 is 0 Å². The molecule has 0 bridgehead atoms. The number of aromatic nitrogens is 3. The summed E-state index contributed by atoms with van der Waals surface area (Å²) < 4.78 is 2.02. The van der Waals surface area contributed by atoms with Gasteiger partial charge in [-0.2, -0.15) is 5.10 Å². The van der Waals surface area contributed by atoms with Crippen molar-refractivity contribution in [2.24, 2.45) is 0 Å². The highest BCUT2D eigenvalue weighted by atomic mass is 32.1. The molecular weight excluding hydrogens is 244 g/mol. The zero-order valence-electron chi connectivity index (χ0n) is 10.6. The fourth-order valence-corrected chi connectivity index (χ4v) is 3.29. The fourth-order valence-electron chi connectivity index (χ4n) is 2.67. The summed E-state index contributed by atoms with van der Waals surface area (Å²) in [5.74, 6) is 0. The summed E-state index contributed by atoms with van der Waals surface area (Å²) in [6, 6.07) is 0.459. The zero-order chi connectivity index (χ0) is 12.4. The molecule has 4 nitrogen and oxygen atoms in total. The highest BCUT2D eigenvalue weighted by molar-refractivity contribution is 7.12. The van der Waals surface area contributed by atoms with Crippen molar-refractivity contribution in [3.05, 3.63) is 29.0 Å². The van der Waals surface area contributed by atoms with Crippen molar-refractivity contribution >= 4 is 11.3 Å². The third kappa shape index (κ3) is 2.08. The van der Waals surface area contributed by atoms with Crippen LogP contribution in [0.4, 0.5) is 0 Å². The van der Waals surface area contributed by atoms with Gasteiger partial charge in [0.05, 0.1) is 11.9 Å². The van der Waals surface area contributed by atoms with E-state index in [2.05, 4.69) is 22.3 Å². The van der Waals surface area contributed by atoms with Crippen LogP contribution in [0.1, 0.15) is 43.5 Å². The van der Waals surface area contributed by atoms with E-state index in [0.29, 0.717) is 6.04 Å². The van der Waals surface area contributed by atoms with E-state index in [1.165, 1.54) is 30.5 Å². The molecule has 1 unspecified atom stereocenters. The van der Waals surface area contributed by atoms with Crippen molar-refractivity contribution in [2.75, 3.05) is 6.54 Å². The SMILES string of the molecule is CCNC1CCCCc2c1cnn2-c1nccs1. The number of rotatable bonds is 3. The molecule has 0 saturated heterocycles. The predicted octanol–water partition coefficient (Wildman–Crippen LogP) is 2.71. The normalized spacial score (nSPS) is 19.5. The summed E-state index contributed by atoms with van der Waals surface area (Å²) in [4.78, 5) is 4.37. The third-order valence-electron chi connectivity index (χ3n) is 3.48. The van der Waals surface area contributed by atoms with Crippen LogP contribution >= 0.6 is 11.3 Å². The molecule has 1 N–H and O–H groups in total. The lowest BCUT2D eigenvalue weighted by Crippen LogP contribution is -2.20. The van der Waals surface area contributed by atoms with Crippen LogP contribution in [0, 0.1) is 0 Å². The van der Waals surface area contributed by atoms with Gasteiger partial charge in [-0.1, -0.05) is 13.3 Å². The van der Waals surface area contributed by atoms with E-state index in [9.17, 15) is 0 Å². The molecule has 2 aromatic heterocycles. The van der Waals surface area contributed by atoms with Crippen molar-refractivity contribution in [3.8, 4) is 5.13 Å². The molecule has 0 spiro atoms. The maximum absolute atomic E-state index is 4.54. The van der Waals surface area contributed by atoms with Gasteiger partial charge in [-0.25, -0.2) is 9.67 Å². The summed E-state index contributed by atoms with van der Waals surface area (Å²) in [6.07, 6.45) is 8.71. The first kappa shape index (κ1) is 11.9. The molecule has 0 aromatic carbocycles. The fraction of sp³-hybridized carbons (Fsp3) is 0.538. The Morgan fingerprint density at radius 1 is 1.50 bits per heavy atom. The van der Waals surface area contributed by atoms with Gasteiger partial charge in [0.2, 0.25) is 5.13 Å². The van der Waals surface area contributed by atoms with Crippen molar-refractivity contribution in [1.82, 2.24) is 20.1 Å². The maximum atomic E-state index is 4.54. The van der Waals surface area contributed by atoms with Crippen LogP contribution in [0.2, 0.25) is 0 Å². The molecule has 0 radical (unpaired) electrons. The summed E-state index contributed by atoms with van der Waals surface area (Å²) in [6.45, 7) is 3.17. The Morgan fingerprint density at radius 2 is 2.44 bits per heavy atom. The monoisotopic (exact) mass is 262 g/mol. The van der Waals surface area contributed by atoms with E-state index in [4.69, 9.17) is 0 Å². The van der Waals surface area contributed by atoms with Crippen LogP contribution in [0.25, 0.3) is 5.13 Å². The lowest BCUT2D eigenvalue weighted by atomic mass is 10.1. The molecular formula is C13H18N4S. The van der Waals surface area contributed by atoms with Gasteiger partial charge >= 0.3 is 0 Å². The topological polar surface area (TPSA) is 42.7 Å². The van der Waals surface area contributed by atoms with E-state index in [-0.39, 0.29) is 0 Å². The molecule has 0 amide bonds. The van der Waals surface area contributed by atoms with E-state index in [0.717, 1.165) is 18.1 Å². The van der Waals surface area contributed by atoms with Gasteiger partial charge in [-0.05, 0) is 25.8 Å². The molecule has 3 rings (SSSR count). The summed E-state index contributed by atoms with van der Waals surface area (Å²) in [5.41, 5.74) is 2.71. The molecule has 1 aliphatic rings. The molecule has 1 aliphatic carbocycles. The van der Waals surface area contributed by atoms with Gasteiger partial charge in [0.1, 0.15) is 0 Å². The van der Waals surface area contributed by atoms with E-state index in [1.807, 2.05) is 22.5 Å². The van der Waals surface area contributed by atoms with Crippen LogP contribution in [0.15, 0.2) is 17.8 Å². The molecule has 5 heteroatoms. The number of thiazole rings is 1. The summed E-state index contributed by atoms with van der Waals surface area (Å²) >= 11 is 1.64. The predicted molar refractivity (Wildman–Crippen MR) is 73.2 cm³/mol. The van der Waals surface area contributed by atoms with E-state index in [1.54, 1.807) is 11.3 Å². The van der Waals surface area contributed by atoms with Crippen molar-refractivity contribution < 1.29 is 0 Å². The Bertz CT molecular complexity index is 503. The number of hydrogen-bond acceptors (Lipinski definition) is 4. The minimum absolute atomic E-state index is 0.459. The maximum Gasteiger partial charge on any atom is 0.210 e. The average Bonchev–Trinajstić information content (AvgIpc) is 2.98. The average molecular weight is 262 g/mol. The third-order valence-corrected chi connectivity index (χ3v) is 4.23. The molecule has 0 fully saturated rings. The lowest BCUT2D eigenvalue weighted by molar-refractivity contribution is 0.503. The Kier molecular flexibility index (Phi) is 3.43. The second kappa shape index (κ2) is 5.20. The lowest BCUT2D eigenvalue weighted by Gasteiger charge is -2.15. The molecule has 18 heavy (non-hydrogen) atoms. The standard InChI is InChI=1S/C13H18N4S/c1-2-14-11-5-3-4-6-12-10(11)9-16-17(12)13-15-7-8-18-13/h7-9,11,14H,2-6H2,1H3. The first-order valence-corrected chi connectivity index (χ1v) is 7.48. The molecule has 2 aromatic rings. The van der Waals surface area contributed by atoms with Gasteiger partial charge in [0.25, 0.3) is 0 Å². The zero-order valence-corrected chi connectivity index (χ0v) is 11.4. The largest absolute Gasteiger partial charge is 0.310 e. The molecule has 96 valence electrons. The Morgan fingerprint density at radius 3 is 3.22 bits per heavy atom. The molecule has 0 aliphatic heterocycles. The van der Waals surface area contributed by atoms with Gasteiger partial charge in [0, 0.05) is 23.2 Å². The first-order chi connectivity index (χ1) is 8.90. The van der Waals surface area contributed by atoms with Gasteiger partial charge in [-0.15, -0.1) is 11.3 Å². The number of fused-ring (bicyclic) bond motifs is 1. The smallest absolute Gasteiger partial charge is 0.210 e. The van der Waals surface area contributed by atoms with Gasteiger partial charge in [-0.3, -0.25) is 0 Å². The van der Waals surface area contributed by atoms with E-state index >= 15 is 0 Å². The Labute approximate surface area is 111 Å². The number of hydrogen-bond donors (Lipinski definition) is 1. The van der Waals surface area contributed by atoms with Gasteiger partial charge < -0.3 is 5.32 Å². The molecule has 1 atom stereocenters. The Balaban J connectivity index is 2.00. The summed E-state index contributed by atoms with van der Waals surface area (Å²) in [5, 5.41) is 11.1. The minimum atomic E-state index is 0.459.